The van der Waals surface area contributed by atoms with Crippen LogP contribution in [0.1, 0.15) is 25.5 Å². The van der Waals surface area contributed by atoms with Crippen molar-refractivity contribution in [3.8, 4) is 11.7 Å². The van der Waals surface area contributed by atoms with E-state index in [1.165, 1.54) is 0 Å². The van der Waals surface area contributed by atoms with Gasteiger partial charge in [-0.1, -0.05) is 18.2 Å². The van der Waals surface area contributed by atoms with Crippen LogP contribution in [0.3, 0.4) is 0 Å². The second-order valence-corrected chi connectivity index (χ2v) is 4.78. The van der Waals surface area contributed by atoms with Gasteiger partial charge >= 0.3 is 0 Å². The van der Waals surface area contributed by atoms with Crippen LogP contribution < -0.4 is 10.1 Å². The van der Waals surface area contributed by atoms with Gasteiger partial charge in [-0.15, -0.1) is 0 Å². The second kappa shape index (κ2) is 7.72. The molecule has 20 heavy (non-hydrogen) atoms. The highest BCUT2D eigenvalue weighted by molar-refractivity contribution is 5.26. The summed E-state index contributed by atoms with van der Waals surface area (Å²) in [5.74, 6) is 2.10. The summed E-state index contributed by atoms with van der Waals surface area (Å²) in [6.07, 6.45) is 1.76. The molecule has 2 rings (SSSR count). The molecule has 1 atom stereocenters. The van der Waals surface area contributed by atoms with Crippen molar-refractivity contribution >= 4 is 0 Å². The minimum Gasteiger partial charge on any atom is -0.429 e. The molecule has 0 aliphatic heterocycles. The van der Waals surface area contributed by atoms with Crippen LogP contribution in [-0.4, -0.2) is 17.8 Å². The summed E-state index contributed by atoms with van der Waals surface area (Å²) < 4.78 is 11.2. The minimum atomic E-state index is 0.238. The normalized spacial score (nSPS) is 12.3. The predicted molar refractivity (Wildman–Crippen MR) is 77.8 cm³/mol. The number of nitrogens with one attached hydrogen (secondary N) is 1. The summed E-state index contributed by atoms with van der Waals surface area (Å²) in [4.78, 5) is 0. The van der Waals surface area contributed by atoms with Crippen LogP contribution >= 0.6 is 0 Å². The molecule has 2 aromatic rings. The molecule has 0 saturated carbocycles. The SMILES string of the molecule is CC(CCCO)NCc1ccc(Oc2ccccc2)o1. The molecule has 0 bridgehead atoms. The number of furan rings is 1. The van der Waals surface area contributed by atoms with Crippen LogP contribution in [0.2, 0.25) is 0 Å². The predicted octanol–water partition coefficient (Wildman–Crippen LogP) is 3.32. The van der Waals surface area contributed by atoms with E-state index in [1.54, 1.807) is 0 Å². The van der Waals surface area contributed by atoms with E-state index < -0.39 is 0 Å². The van der Waals surface area contributed by atoms with Crippen molar-refractivity contribution in [1.82, 2.24) is 5.32 Å². The summed E-state index contributed by atoms with van der Waals surface area (Å²) in [5, 5.41) is 12.1. The largest absolute Gasteiger partial charge is 0.429 e. The molecule has 0 spiro atoms. The molecule has 0 aliphatic rings. The van der Waals surface area contributed by atoms with E-state index in [1.807, 2.05) is 42.5 Å². The minimum absolute atomic E-state index is 0.238. The van der Waals surface area contributed by atoms with Crippen molar-refractivity contribution in [3.05, 3.63) is 48.2 Å². The van der Waals surface area contributed by atoms with Crippen LogP contribution in [0.4, 0.5) is 0 Å². The Bertz CT molecular complexity index is 495. The fourth-order valence-corrected chi connectivity index (χ4v) is 1.89. The fraction of sp³-hybridized carbons (Fsp3) is 0.375. The van der Waals surface area contributed by atoms with E-state index in [-0.39, 0.29) is 6.61 Å². The zero-order valence-electron chi connectivity index (χ0n) is 11.7. The van der Waals surface area contributed by atoms with Crippen molar-refractivity contribution in [2.24, 2.45) is 0 Å². The number of aliphatic hydroxyl groups is 1. The summed E-state index contributed by atoms with van der Waals surface area (Å²) in [6.45, 7) is 2.99. The van der Waals surface area contributed by atoms with Gasteiger partial charge in [0.05, 0.1) is 6.54 Å². The van der Waals surface area contributed by atoms with Crippen molar-refractivity contribution in [2.45, 2.75) is 32.4 Å². The zero-order valence-corrected chi connectivity index (χ0v) is 11.7. The lowest BCUT2D eigenvalue weighted by molar-refractivity contribution is 0.275. The van der Waals surface area contributed by atoms with Crippen LogP contribution in [0.15, 0.2) is 46.9 Å². The average Bonchev–Trinajstić information content (AvgIpc) is 2.91. The number of ether oxygens (including phenoxy) is 1. The van der Waals surface area contributed by atoms with Gasteiger partial charge in [0.15, 0.2) is 0 Å². The maximum Gasteiger partial charge on any atom is 0.290 e. The number of para-hydroxylation sites is 1. The van der Waals surface area contributed by atoms with Crippen molar-refractivity contribution in [2.75, 3.05) is 6.61 Å². The molecule has 0 aliphatic carbocycles. The molecule has 108 valence electrons. The number of aliphatic hydroxyl groups excluding tert-OH is 1. The molecule has 0 amide bonds. The van der Waals surface area contributed by atoms with E-state index in [0.29, 0.717) is 18.5 Å². The van der Waals surface area contributed by atoms with Gasteiger partial charge in [0.1, 0.15) is 11.5 Å². The Morgan fingerprint density at radius 2 is 2.00 bits per heavy atom. The Balaban J connectivity index is 1.80. The zero-order chi connectivity index (χ0) is 14.2. The molecular formula is C16H21NO3. The first kappa shape index (κ1) is 14.6. The van der Waals surface area contributed by atoms with Gasteiger partial charge in [0, 0.05) is 18.7 Å². The Kier molecular flexibility index (Phi) is 5.65. The molecule has 0 radical (unpaired) electrons. The fourth-order valence-electron chi connectivity index (χ4n) is 1.89. The molecule has 0 saturated heterocycles. The Hall–Kier alpha value is -1.78. The lowest BCUT2D eigenvalue weighted by Crippen LogP contribution is -2.25. The van der Waals surface area contributed by atoms with Gasteiger partial charge < -0.3 is 19.6 Å². The summed E-state index contributed by atoms with van der Waals surface area (Å²) in [7, 11) is 0. The molecule has 1 aromatic carbocycles. The first-order chi connectivity index (χ1) is 9.78. The van der Waals surface area contributed by atoms with Crippen LogP contribution in [0, 0.1) is 0 Å². The Morgan fingerprint density at radius 1 is 1.20 bits per heavy atom. The molecule has 0 fully saturated rings. The summed E-state index contributed by atoms with van der Waals surface area (Å²) >= 11 is 0. The standard InChI is InChI=1S/C16H21NO3/c1-13(6-5-11-18)17-12-15-9-10-16(20-15)19-14-7-3-2-4-8-14/h2-4,7-10,13,17-18H,5-6,11-12H2,1H3. The molecule has 1 heterocycles. The third-order valence-corrected chi connectivity index (χ3v) is 3.02. The lowest BCUT2D eigenvalue weighted by atomic mass is 10.2. The topological polar surface area (TPSA) is 54.6 Å². The third-order valence-electron chi connectivity index (χ3n) is 3.02. The Labute approximate surface area is 119 Å². The van der Waals surface area contributed by atoms with E-state index >= 15 is 0 Å². The highest BCUT2D eigenvalue weighted by Gasteiger charge is 2.06. The van der Waals surface area contributed by atoms with E-state index in [4.69, 9.17) is 14.3 Å². The van der Waals surface area contributed by atoms with Gasteiger partial charge in [-0.25, -0.2) is 0 Å². The maximum atomic E-state index is 8.78. The number of hydrogen-bond donors (Lipinski definition) is 2. The van der Waals surface area contributed by atoms with Crippen molar-refractivity contribution < 1.29 is 14.3 Å². The van der Waals surface area contributed by atoms with Crippen LogP contribution in [-0.2, 0) is 6.54 Å². The first-order valence-corrected chi connectivity index (χ1v) is 6.94. The second-order valence-electron chi connectivity index (χ2n) is 4.78. The van der Waals surface area contributed by atoms with E-state index in [9.17, 15) is 0 Å². The van der Waals surface area contributed by atoms with E-state index in [0.717, 1.165) is 24.4 Å². The third kappa shape index (κ3) is 4.72. The van der Waals surface area contributed by atoms with Crippen molar-refractivity contribution in [3.63, 3.8) is 0 Å². The highest BCUT2D eigenvalue weighted by atomic mass is 16.6. The maximum absolute atomic E-state index is 8.78. The molecule has 4 heteroatoms. The molecule has 1 unspecified atom stereocenters. The highest BCUT2D eigenvalue weighted by Crippen LogP contribution is 2.23. The number of benzene rings is 1. The molecule has 1 aromatic heterocycles. The van der Waals surface area contributed by atoms with Crippen LogP contribution in [0.5, 0.6) is 11.7 Å². The first-order valence-electron chi connectivity index (χ1n) is 6.94. The van der Waals surface area contributed by atoms with Gasteiger partial charge in [-0.2, -0.15) is 0 Å². The van der Waals surface area contributed by atoms with Gasteiger partial charge in [0.2, 0.25) is 0 Å². The quantitative estimate of drug-likeness (QED) is 0.776. The van der Waals surface area contributed by atoms with Crippen LogP contribution in [0.25, 0.3) is 0 Å². The molecule has 4 nitrogen and oxygen atoms in total. The van der Waals surface area contributed by atoms with E-state index in [2.05, 4.69) is 12.2 Å². The molecular weight excluding hydrogens is 254 g/mol. The number of hydrogen-bond acceptors (Lipinski definition) is 4. The van der Waals surface area contributed by atoms with Gasteiger partial charge in [0.25, 0.3) is 5.95 Å². The van der Waals surface area contributed by atoms with Gasteiger partial charge in [-0.3, -0.25) is 0 Å². The van der Waals surface area contributed by atoms with Gasteiger partial charge in [-0.05, 0) is 38.0 Å². The average molecular weight is 275 g/mol. The summed E-state index contributed by atoms with van der Waals surface area (Å²) in [6, 6.07) is 13.6. The van der Waals surface area contributed by atoms with Crippen molar-refractivity contribution in [1.29, 1.82) is 0 Å². The molecule has 2 N–H and O–H groups in total. The Morgan fingerprint density at radius 3 is 2.75 bits per heavy atom. The summed E-state index contributed by atoms with van der Waals surface area (Å²) in [5.41, 5.74) is 0. The number of rotatable bonds is 8. The monoisotopic (exact) mass is 275 g/mol. The lowest BCUT2D eigenvalue weighted by Gasteiger charge is -2.11. The smallest absolute Gasteiger partial charge is 0.290 e.